The van der Waals surface area contributed by atoms with E-state index in [1.807, 2.05) is 50.2 Å². The van der Waals surface area contributed by atoms with Crippen molar-refractivity contribution in [3.05, 3.63) is 82.5 Å². The van der Waals surface area contributed by atoms with E-state index in [1.54, 1.807) is 37.5 Å². The summed E-state index contributed by atoms with van der Waals surface area (Å²) in [5.74, 6) is -0.128. The summed E-state index contributed by atoms with van der Waals surface area (Å²) in [6.07, 6.45) is 1.71. The van der Waals surface area contributed by atoms with Crippen molar-refractivity contribution in [2.45, 2.75) is 13.8 Å². The fourth-order valence-corrected chi connectivity index (χ4v) is 4.53. The number of carbonyl (C=O) groups excluding carboxylic acids is 3. The van der Waals surface area contributed by atoms with Gasteiger partial charge in [-0.15, -0.1) is 0 Å². The highest BCUT2D eigenvalue weighted by Gasteiger charge is 2.36. The zero-order valence-electron chi connectivity index (χ0n) is 18.5. The van der Waals surface area contributed by atoms with Crippen molar-refractivity contribution in [2.75, 3.05) is 19.0 Å². The number of nitrogens with zero attached hydrogens (tertiary/aromatic N) is 2. The maximum absolute atomic E-state index is 12.9. The minimum absolute atomic E-state index is 0.294. The molecule has 7 nitrogen and oxygen atoms in total. The Bertz CT molecular complexity index is 1250. The van der Waals surface area contributed by atoms with Crippen LogP contribution in [0.4, 0.5) is 10.5 Å². The van der Waals surface area contributed by atoms with Crippen molar-refractivity contribution >= 4 is 40.6 Å². The Morgan fingerprint density at radius 1 is 1.06 bits per heavy atom. The number of nitrogens with one attached hydrogen (secondary N) is 1. The van der Waals surface area contributed by atoms with Crippen LogP contribution in [0.5, 0.6) is 5.75 Å². The Balaban J connectivity index is 1.53. The number of anilines is 1. The second-order valence-electron chi connectivity index (χ2n) is 7.54. The molecule has 1 saturated heterocycles. The molecule has 0 bridgehead atoms. The SMILES string of the molecule is COc1ccc(-n2c(C)cc(/C=C3\SC(=O)N(CC(=O)Nc4ccccc4)C3=O)c2C)cc1. The van der Waals surface area contributed by atoms with Crippen molar-refractivity contribution in [1.29, 1.82) is 0 Å². The molecule has 0 saturated carbocycles. The molecule has 1 fully saturated rings. The quantitative estimate of drug-likeness (QED) is 0.535. The third-order valence-electron chi connectivity index (χ3n) is 5.32. The average molecular weight is 462 g/mol. The number of rotatable bonds is 6. The van der Waals surface area contributed by atoms with Gasteiger partial charge in [0.2, 0.25) is 5.91 Å². The largest absolute Gasteiger partial charge is 0.497 e. The molecule has 2 aromatic carbocycles. The Hall–Kier alpha value is -3.78. The van der Waals surface area contributed by atoms with E-state index in [-0.39, 0.29) is 6.54 Å². The van der Waals surface area contributed by atoms with Gasteiger partial charge < -0.3 is 14.6 Å². The van der Waals surface area contributed by atoms with Gasteiger partial charge in [-0.2, -0.15) is 0 Å². The maximum Gasteiger partial charge on any atom is 0.294 e. The molecule has 1 aliphatic rings. The molecule has 2 heterocycles. The van der Waals surface area contributed by atoms with Gasteiger partial charge >= 0.3 is 0 Å². The number of hydrogen-bond acceptors (Lipinski definition) is 5. The minimum atomic E-state index is -0.470. The van der Waals surface area contributed by atoms with E-state index in [2.05, 4.69) is 9.88 Å². The molecule has 1 aliphatic heterocycles. The highest BCUT2D eigenvalue weighted by atomic mass is 32.2. The molecule has 3 amide bonds. The Labute approximate surface area is 196 Å². The van der Waals surface area contributed by atoms with Crippen LogP contribution in [-0.4, -0.2) is 40.2 Å². The first-order chi connectivity index (χ1) is 15.9. The van der Waals surface area contributed by atoms with E-state index in [1.165, 1.54) is 0 Å². The lowest BCUT2D eigenvalue weighted by Crippen LogP contribution is -2.36. The lowest BCUT2D eigenvalue weighted by molar-refractivity contribution is -0.127. The highest BCUT2D eigenvalue weighted by Crippen LogP contribution is 2.34. The van der Waals surface area contributed by atoms with E-state index in [4.69, 9.17) is 4.74 Å². The third kappa shape index (κ3) is 4.70. The van der Waals surface area contributed by atoms with Crippen LogP contribution in [0.1, 0.15) is 17.0 Å². The number of aryl methyl sites for hydroxylation is 1. The van der Waals surface area contributed by atoms with Gasteiger partial charge in [-0.25, -0.2) is 0 Å². The molecular formula is C25H23N3O4S. The van der Waals surface area contributed by atoms with Gasteiger partial charge in [0.25, 0.3) is 11.1 Å². The number of imide groups is 1. The summed E-state index contributed by atoms with van der Waals surface area (Å²) in [5.41, 5.74) is 4.34. The smallest absolute Gasteiger partial charge is 0.294 e. The molecule has 3 aromatic rings. The van der Waals surface area contributed by atoms with E-state index >= 15 is 0 Å². The van der Waals surface area contributed by atoms with Crippen LogP contribution < -0.4 is 10.1 Å². The summed E-state index contributed by atoms with van der Waals surface area (Å²) in [6, 6.07) is 18.6. The topological polar surface area (TPSA) is 80.6 Å². The first-order valence-corrected chi connectivity index (χ1v) is 11.1. The molecule has 1 aromatic heterocycles. The van der Waals surface area contributed by atoms with E-state index in [0.29, 0.717) is 10.6 Å². The predicted molar refractivity (Wildman–Crippen MR) is 130 cm³/mol. The highest BCUT2D eigenvalue weighted by molar-refractivity contribution is 8.18. The first kappa shape index (κ1) is 22.4. The fourth-order valence-electron chi connectivity index (χ4n) is 3.71. The monoisotopic (exact) mass is 461 g/mol. The molecule has 168 valence electrons. The van der Waals surface area contributed by atoms with Crippen molar-refractivity contribution < 1.29 is 19.1 Å². The number of methoxy groups -OCH3 is 1. The van der Waals surface area contributed by atoms with Crippen molar-refractivity contribution in [3.8, 4) is 11.4 Å². The van der Waals surface area contributed by atoms with E-state index in [0.717, 1.165) is 45.1 Å². The lowest BCUT2D eigenvalue weighted by Gasteiger charge is -2.12. The maximum atomic E-state index is 12.9. The van der Waals surface area contributed by atoms with Gasteiger partial charge in [-0.05, 0) is 79.7 Å². The number of para-hydroxylation sites is 1. The standard InChI is InChI=1S/C25H23N3O4S/c1-16-13-18(17(2)28(16)20-9-11-21(32-3)12-10-20)14-22-24(30)27(25(31)33-22)15-23(29)26-19-7-5-4-6-8-19/h4-14H,15H2,1-3H3,(H,26,29)/b22-14-. The Morgan fingerprint density at radius 2 is 1.76 bits per heavy atom. The molecule has 33 heavy (non-hydrogen) atoms. The molecule has 0 atom stereocenters. The van der Waals surface area contributed by atoms with Gasteiger partial charge in [0.15, 0.2) is 0 Å². The van der Waals surface area contributed by atoms with Crippen LogP contribution in [0.2, 0.25) is 0 Å². The fraction of sp³-hybridized carbons (Fsp3) is 0.160. The Kier molecular flexibility index (Phi) is 6.37. The van der Waals surface area contributed by atoms with Crippen LogP contribution in [0, 0.1) is 13.8 Å². The molecule has 4 rings (SSSR count). The van der Waals surface area contributed by atoms with E-state index < -0.39 is 17.1 Å². The Morgan fingerprint density at radius 3 is 2.42 bits per heavy atom. The molecule has 0 unspecified atom stereocenters. The second kappa shape index (κ2) is 9.38. The molecule has 0 aliphatic carbocycles. The van der Waals surface area contributed by atoms with Gasteiger partial charge in [-0.1, -0.05) is 18.2 Å². The van der Waals surface area contributed by atoms with Crippen LogP contribution in [0.25, 0.3) is 11.8 Å². The summed E-state index contributed by atoms with van der Waals surface area (Å²) in [5, 5.41) is 2.23. The van der Waals surface area contributed by atoms with Crippen LogP contribution >= 0.6 is 11.8 Å². The molecular weight excluding hydrogens is 438 g/mol. The normalized spacial score (nSPS) is 14.8. The summed E-state index contributed by atoms with van der Waals surface area (Å²) in [7, 11) is 1.62. The number of benzene rings is 2. The number of thioether (sulfide) groups is 1. The van der Waals surface area contributed by atoms with E-state index in [9.17, 15) is 14.4 Å². The minimum Gasteiger partial charge on any atom is -0.497 e. The summed E-state index contributed by atoms with van der Waals surface area (Å²) in [4.78, 5) is 38.9. The summed E-state index contributed by atoms with van der Waals surface area (Å²) in [6.45, 7) is 3.61. The number of carbonyl (C=O) groups is 3. The van der Waals surface area contributed by atoms with Crippen LogP contribution in [0.3, 0.4) is 0 Å². The number of amides is 3. The van der Waals surface area contributed by atoms with Crippen molar-refractivity contribution in [1.82, 2.24) is 9.47 Å². The summed E-state index contributed by atoms with van der Waals surface area (Å²) >= 11 is 0.842. The second-order valence-corrected chi connectivity index (χ2v) is 8.54. The van der Waals surface area contributed by atoms with Crippen molar-refractivity contribution in [2.24, 2.45) is 0 Å². The van der Waals surface area contributed by atoms with Gasteiger partial charge in [-0.3, -0.25) is 19.3 Å². The molecule has 8 heteroatoms. The van der Waals surface area contributed by atoms with Crippen molar-refractivity contribution in [3.63, 3.8) is 0 Å². The average Bonchev–Trinajstić information content (AvgIpc) is 3.23. The molecule has 0 spiro atoms. The molecule has 0 radical (unpaired) electrons. The number of ether oxygens (including phenoxy) is 1. The number of aromatic nitrogens is 1. The first-order valence-electron chi connectivity index (χ1n) is 10.3. The van der Waals surface area contributed by atoms with Crippen LogP contribution in [0.15, 0.2) is 65.6 Å². The van der Waals surface area contributed by atoms with Gasteiger partial charge in [0.1, 0.15) is 12.3 Å². The van der Waals surface area contributed by atoms with Gasteiger partial charge in [0, 0.05) is 22.8 Å². The lowest BCUT2D eigenvalue weighted by atomic mass is 10.2. The number of hydrogen-bond donors (Lipinski definition) is 1. The zero-order valence-corrected chi connectivity index (χ0v) is 19.3. The zero-order chi connectivity index (χ0) is 23.5. The van der Waals surface area contributed by atoms with Gasteiger partial charge in [0.05, 0.1) is 12.0 Å². The molecule has 1 N–H and O–H groups in total. The predicted octanol–water partition coefficient (Wildman–Crippen LogP) is 4.78. The third-order valence-corrected chi connectivity index (χ3v) is 6.23. The summed E-state index contributed by atoms with van der Waals surface area (Å²) < 4.78 is 7.30. The van der Waals surface area contributed by atoms with Crippen LogP contribution in [-0.2, 0) is 9.59 Å².